The summed E-state index contributed by atoms with van der Waals surface area (Å²) >= 11 is 0. The summed E-state index contributed by atoms with van der Waals surface area (Å²) in [6, 6.07) is 6.78. The van der Waals surface area contributed by atoms with Gasteiger partial charge in [0.1, 0.15) is 0 Å². The summed E-state index contributed by atoms with van der Waals surface area (Å²) in [6.45, 7) is 8.74. The Hall–Kier alpha value is -1.18. The lowest BCUT2D eigenvalue weighted by Gasteiger charge is -2.30. The molecule has 0 aromatic heterocycles. The summed E-state index contributed by atoms with van der Waals surface area (Å²) in [5, 5.41) is 0. The van der Waals surface area contributed by atoms with Crippen LogP contribution in [-0.4, -0.2) is 13.1 Å². The fourth-order valence-electron chi connectivity index (χ4n) is 1.53. The third kappa shape index (κ3) is 2.65. The average Bonchev–Trinajstić information content (AvgIpc) is 2.19. The fraction of sp³-hybridized carbons (Fsp3) is 0.538. The minimum absolute atomic E-state index is 0.520. The number of nitrogens with zero attached hydrogens (tertiary/aromatic N) is 1. The van der Waals surface area contributed by atoms with Crippen LogP contribution < -0.4 is 10.6 Å². The van der Waals surface area contributed by atoms with Gasteiger partial charge in [-0.2, -0.15) is 0 Å². The zero-order valence-electron chi connectivity index (χ0n) is 10.4. The molecular formula is C13H22N2. The minimum Gasteiger partial charge on any atom is -0.398 e. The molecule has 0 aliphatic rings. The molecule has 0 heterocycles. The number of rotatable bonds is 3. The Balaban J connectivity index is 2.91. The Labute approximate surface area is 93.1 Å². The molecule has 0 aliphatic carbocycles. The fourth-order valence-corrected chi connectivity index (χ4v) is 1.53. The van der Waals surface area contributed by atoms with Crippen LogP contribution in [0.3, 0.4) is 0 Å². The van der Waals surface area contributed by atoms with Crippen LogP contribution >= 0.6 is 0 Å². The van der Waals surface area contributed by atoms with Gasteiger partial charge in [-0.3, -0.25) is 0 Å². The maximum absolute atomic E-state index is 5.91. The van der Waals surface area contributed by atoms with Crippen molar-refractivity contribution in [2.75, 3.05) is 17.7 Å². The highest BCUT2D eigenvalue weighted by atomic mass is 15.1. The van der Waals surface area contributed by atoms with Crippen LogP contribution in [0.4, 0.5) is 11.4 Å². The molecule has 2 N–H and O–H groups in total. The van der Waals surface area contributed by atoms with Crippen molar-refractivity contribution in [3.8, 4) is 0 Å². The first-order valence-corrected chi connectivity index (χ1v) is 5.52. The van der Waals surface area contributed by atoms with Crippen LogP contribution in [-0.2, 0) is 0 Å². The van der Waals surface area contributed by atoms with E-state index in [4.69, 9.17) is 5.73 Å². The van der Waals surface area contributed by atoms with Gasteiger partial charge in [0.05, 0.1) is 0 Å². The van der Waals surface area contributed by atoms with Gasteiger partial charge >= 0.3 is 0 Å². The predicted octanol–water partition coefficient (Wildman–Crippen LogP) is 3.06. The summed E-state index contributed by atoms with van der Waals surface area (Å²) < 4.78 is 0. The molecule has 0 fully saturated rings. The van der Waals surface area contributed by atoms with E-state index in [0.717, 1.165) is 11.3 Å². The standard InChI is InChI=1S/C13H22N2/c1-9(2)11(4)15(5)12-7-6-10(3)13(14)8-12/h6-9,11H,14H2,1-5H3. The molecule has 0 saturated heterocycles. The van der Waals surface area contributed by atoms with E-state index in [1.54, 1.807) is 0 Å². The maximum atomic E-state index is 5.91. The molecule has 1 atom stereocenters. The monoisotopic (exact) mass is 206 g/mol. The molecule has 0 saturated carbocycles. The van der Waals surface area contributed by atoms with Gasteiger partial charge in [0.25, 0.3) is 0 Å². The largest absolute Gasteiger partial charge is 0.398 e. The zero-order valence-corrected chi connectivity index (χ0v) is 10.4. The van der Waals surface area contributed by atoms with Gasteiger partial charge in [0.15, 0.2) is 0 Å². The van der Waals surface area contributed by atoms with E-state index in [1.165, 1.54) is 5.69 Å². The third-order valence-corrected chi connectivity index (χ3v) is 3.25. The lowest BCUT2D eigenvalue weighted by Crippen LogP contribution is -2.33. The summed E-state index contributed by atoms with van der Waals surface area (Å²) in [4.78, 5) is 2.28. The van der Waals surface area contributed by atoms with Crippen LogP contribution in [0.5, 0.6) is 0 Å². The Morgan fingerprint density at radius 3 is 2.27 bits per heavy atom. The highest BCUT2D eigenvalue weighted by Gasteiger charge is 2.13. The van der Waals surface area contributed by atoms with Crippen molar-refractivity contribution in [1.29, 1.82) is 0 Å². The maximum Gasteiger partial charge on any atom is 0.0386 e. The molecule has 1 rings (SSSR count). The predicted molar refractivity (Wildman–Crippen MR) is 68.3 cm³/mol. The molecule has 0 bridgehead atoms. The smallest absolute Gasteiger partial charge is 0.0386 e. The molecule has 0 spiro atoms. The third-order valence-electron chi connectivity index (χ3n) is 3.25. The molecular weight excluding hydrogens is 184 g/mol. The Morgan fingerprint density at radius 1 is 1.20 bits per heavy atom. The second kappa shape index (κ2) is 4.56. The normalized spacial score (nSPS) is 12.9. The Bertz CT molecular complexity index is 331. The molecule has 2 nitrogen and oxygen atoms in total. The van der Waals surface area contributed by atoms with Crippen molar-refractivity contribution < 1.29 is 0 Å². The summed E-state index contributed by atoms with van der Waals surface area (Å²) in [5.74, 6) is 0.637. The second-order valence-electron chi connectivity index (χ2n) is 4.64. The van der Waals surface area contributed by atoms with Crippen LogP contribution in [0.25, 0.3) is 0 Å². The number of hydrogen-bond donors (Lipinski definition) is 1. The summed E-state index contributed by atoms with van der Waals surface area (Å²) in [6.07, 6.45) is 0. The van der Waals surface area contributed by atoms with E-state index >= 15 is 0 Å². The van der Waals surface area contributed by atoms with Crippen molar-refractivity contribution in [2.24, 2.45) is 5.92 Å². The van der Waals surface area contributed by atoms with E-state index in [2.05, 4.69) is 44.9 Å². The SMILES string of the molecule is Cc1ccc(N(C)C(C)C(C)C)cc1N. The highest BCUT2D eigenvalue weighted by molar-refractivity contribution is 5.59. The van der Waals surface area contributed by atoms with Crippen molar-refractivity contribution in [1.82, 2.24) is 0 Å². The number of nitrogens with two attached hydrogens (primary N) is 1. The van der Waals surface area contributed by atoms with Gasteiger partial charge in [-0.15, -0.1) is 0 Å². The molecule has 15 heavy (non-hydrogen) atoms. The average molecular weight is 206 g/mol. The van der Waals surface area contributed by atoms with Crippen molar-refractivity contribution in [3.63, 3.8) is 0 Å². The highest BCUT2D eigenvalue weighted by Crippen LogP contribution is 2.23. The Morgan fingerprint density at radius 2 is 1.80 bits per heavy atom. The molecule has 0 radical (unpaired) electrons. The second-order valence-corrected chi connectivity index (χ2v) is 4.64. The van der Waals surface area contributed by atoms with Crippen molar-refractivity contribution >= 4 is 11.4 Å². The van der Waals surface area contributed by atoms with Crippen molar-refractivity contribution in [2.45, 2.75) is 33.7 Å². The van der Waals surface area contributed by atoms with Gasteiger partial charge in [0, 0.05) is 24.5 Å². The number of anilines is 2. The van der Waals surface area contributed by atoms with Crippen molar-refractivity contribution in [3.05, 3.63) is 23.8 Å². The van der Waals surface area contributed by atoms with Gasteiger partial charge in [-0.25, -0.2) is 0 Å². The molecule has 84 valence electrons. The molecule has 0 aliphatic heterocycles. The van der Waals surface area contributed by atoms with Gasteiger partial charge < -0.3 is 10.6 Å². The summed E-state index contributed by atoms with van der Waals surface area (Å²) in [7, 11) is 2.12. The molecule has 1 aromatic rings. The van der Waals surface area contributed by atoms with Crippen LogP contribution in [0, 0.1) is 12.8 Å². The molecule has 2 heteroatoms. The topological polar surface area (TPSA) is 29.3 Å². The van der Waals surface area contributed by atoms with Crippen LogP contribution in [0.15, 0.2) is 18.2 Å². The number of nitrogen functional groups attached to an aromatic ring is 1. The van der Waals surface area contributed by atoms with Crippen LogP contribution in [0.1, 0.15) is 26.3 Å². The Kier molecular flexibility index (Phi) is 3.61. The van der Waals surface area contributed by atoms with Gasteiger partial charge in [-0.05, 0) is 37.5 Å². The first-order valence-electron chi connectivity index (χ1n) is 5.52. The summed E-state index contributed by atoms with van der Waals surface area (Å²) in [5.41, 5.74) is 9.12. The number of benzene rings is 1. The molecule has 1 aromatic carbocycles. The first kappa shape index (κ1) is 11.9. The van der Waals surface area contributed by atoms with E-state index < -0.39 is 0 Å². The van der Waals surface area contributed by atoms with E-state index in [9.17, 15) is 0 Å². The first-order chi connectivity index (χ1) is 6.93. The lowest BCUT2D eigenvalue weighted by molar-refractivity contribution is 0.505. The number of hydrogen-bond acceptors (Lipinski definition) is 2. The van der Waals surface area contributed by atoms with E-state index in [0.29, 0.717) is 12.0 Å². The zero-order chi connectivity index (χ0) is 11.6. The number of aryl methyl sites for hydroxylation is 1. The van der Waals surface area contributed by atoms with Gasteiger partial charge in [-0.1, -0.05) is 19.9 Å². The quantitative estimate of drug-likeness (QED) is 0.770. The lowest BCUT2D eigenvalue weighted by atomic mass is 10.0. The van der Waals surface area contributed by atoms with E-state index in [-0.39, 0.29) is 0 Å². The minimum atomic E-state index is 0.520. The molecule has 1 unspecified atom stereocenters. The van der Waals surface area contributed by atoms with Crippen LogP contribution in [0.2, 0.25) is 0 Å². The molecule has 0 amide bonds. The van der Waals surface area contributed by atoms with E-state index in [1.807, 2.05) is 13.0 Å². The van der Waals surface area contributed by atoms with Gasteiger partial charge in [0.2, 0.25) is 0 Å².